The molecule has 1 aromatic carbocycles. The van der Waals surface area contributed by atoms with Gasteiger partial charge in [0.25, 0.3) is 0 Å². The number of amides is 1. The van der Waals surface area contributed by atoms with Crippen LogP contribution < -0.4 is 5.32 Å². The first-order chi connectivity index (χ1) is 11.6. The van der Waals surface area contributed by atoms with E-state index in [1.807, 2.05) is 0 Å². The molecule has 1 aromatic rings. The van der Waals surface area contributed by atoms with Crippen molar-refractivity contribution >= 4 is 5.91 Å². The zero-order valence-electron chi connectivity index (χ0n) is 15.1. The zero-order chi connectivity index (χ0) is 16.9. The van der Waals surface area contributed by atoms with E-state index >= 15 is 0 Å². The van der Waals surface area contributed by atoms with Gasteiger partial charge in [-0.05, 0) is 36.3 Å². The molecule has 1 amide bonds. The van der Waals surface area contributed by atoms with Crippen molar-refractivity contribution in [1.29, 1.82) is 0 Å². The third kappa shape index (κ3) is 5.05. The topological polar surface area (TPSA) is 35.6 Å². The van der Waals surface area contributed by atoms with Gasteiger partial charge in [0.15, 0.2) is 0 Å². The molecular weight excluding hydrogens is 298 g/mol. The van der Waals surface area contributed by atoms with Crippen molar-refractivity contribution in [2.24, 2.45) is 0 Å². The van der Waals surface area contributed by atoms with E-state index in [0.29, 0.717) is 12.5 Å². The fourth-order valence-electron chi connectivity index (χ4n) is 3.40. The lowest BCUT2D eigenvalue weighted by atomic mass is 10.0. The van der Waals surface area contributed by atoms with Gasteiger partial charge in [0.2, 0.25) is 5.91 Å². The second-order valence-corrected chi connectivity index (χ2v) is 7.54. The summed E-state index contributed by atoms with van der Waals surface area (Å²) in [6, 6.07) is 9.60. The summed E-state index contributed by atoms with van der Waals surface area (Å²) in [6.45, 7) is 9.99. The first-order valence-electron chi connectivity index (χ1n) is 9.44. The molecule has 4 heteroatoms. The van der Waals surface area contributed by atoms with Crippen LogP contribution in [0.25, 0.3) is 0 Å². The van der Waals surface area contributed by atoms with Crippen molar-refractivity contribution in [2.45, 2.75) is 45.1 Å². The van der Waals surface area contributed by atoms with Crippen LogP contribution in [0.1, 0.15) is 43.7 Å². The van der Waals surface area contributed by atoms with Crippen LogP contribution in [0.15, 0.2) is 24.3 Å². The van der Waals surface area contributed by atoms with Gasteiger partial charge in [0.1, 0.15) is 0 Å². The van der Waals surface area contributed by atoms with Gasteiger partial charge in [-0.15, -0.1) is 0 Å². The van der Waals surface area contributed by atoms with Crippen LogP contribution in [0.3, 0.4) is 0 Å². The molecule has 3 rings (SSSR count). The summed E-state index contributed by atoms with van der Waals surface area (Å²) in [7, 11) is 0. The van der Waals surface area contributed by atoms with E-state index in [-0.39, 0.29) is 5.91 Å². The van der Waals surface area contributed by atoms with E-state index in [9.17, 15) is 4.79 Å². The van der Waals surface area contributed by atoms with E-state index in [2.05, 4.69) is 53.2 Å². The monoisotopic (exact) mass is 329 g/mol. The fraction of sp³-hybridized carbons (Fsp3) is 0.650. The molecule has 1 saturated heterocycles. The van der Waals surface area contributed by atoms with Gasteiger partial charge in [-0.25, -0.2) is 0 Å². The van der Waals surface area contributed by atoms with Crippen LogP contribution in [-0.2, 0) is 11.2 Å². The summed E-state index contributed by atoms with van der Waals surface area (Å²) in [4.78, 5) is 17.0. The SMILES string of the molecule is CC(C)c1ccc(CCNC(=O)CN2CCN(C3CC3)CC2)cc1. The summed E-state index contributed by atoms with van der Waals surface area (Å²) >= 11 is 0. The van der Waals surface area contributed by atoms with Crippen LogP contribution in [-0.4, -0.2) is 61.0 Å². The van der Waals surface area contributed by atoms with E-state index in [1.54, 1.807) is 0 Å². The molecule has 2 fully saturated rings. The zero-order valence-corrected chi connectivity index (χ0v) is 15.1. The van der Waals surface area contributed by atoms with Crippen molar-refractivity contribution < 1.29 is 4.79 Å². The third-order valence-electron chi connectivity index (χ3n) is 5.22. The van der Waals surface area contributed by atoms with Crippen molar-refractivity contribution in [3.8, 4) is 0 Å². The Morgan fingerprint density at radius 1 is 1.12 bits per heavy atom. The van der Waals surface area contributed by atoms with Crippen LogP contribution >= 0.6 is 0 Å². The minimum absolute atomic E-state index is 0.161. The van der Waals surface area contributed by atoms with Crippen molar-refractivity contribution in [2.75, 3.05) is 39.3 Å². The highest BCUT2D eigenvalue weighted by Gasteiger charge is 2.31. The van der Waals surface area contributed by atoms with Gasteiger partial charge in [-0.1, -0.05) is 38.1 Å². The molecule has 2 aliphatic rings. The number of piperazine rings is 1. The Bertz CT molecular complexity index is 528. The highest BCUT2D eigenvalue weighted by atomic mass is 16.2. The average Bonchev–Trinajstić information content (AvgIpc) is 3.41. The number of hydrogen-bond donors (Lipinski definition) is 1. The molecule has 0 bridgehead atoms. The van der Waals surface area contributed by atoms with Crippen molar-refractivity contribution in [1.82, 2.24) is 15.1 Å². The van der Waals surface area contributed by atoms with Crippen molar-refractivity contribution in [3.05, 3.63) is 35.4 Å². The van der Waals surface area contributed by atoms with E-state index in [4.69, 9.17) is 0 Å². The smallest absolute Gasteiger partial charge is 0.234 e. The number of hydrogen-bond acceptors (Lipinski definition) is 3. The standard InChI is InChI=1S/C20H31N3O/c1-16(2)18-5-3-17(4-6-18)9-10-21-20(24)15-22-11-13-23(14-12-22)19-7-8-19/h3-6,16,19H,7-15H2,1-2H3,(H,21,24). The third-order valence-corrected chi connectivity index (χ3v) is 5.22. The second-order valence-electron chi connectivity index (χ2n) is 7.54. The number of benzene rings is 1. The van der Waals surface area contributed by atoms with Gasteiger partial charge >= 0.3 is 0 Å². The van der Waals surface area contributed by atoms with Crippen molar-refractivity contribution in [3.63, 3.8) is 0 Å². The van der Waals surface area contributed by atoms with Crippen LogP contribution in [0.4, 0.5) is 0 Å². The van der Waals surface area contributed by atoms with E-state index in [0.717, 1.165) is 45.2 Å². The Morgan fingerprint density at radius 3 is 2.38 bits per heavy atom. The van der Waals surface area contributed by atoms with E-state index < -0.39 is 0 Å². The van der Waals surface area contributed by atoms with Gasteiger partial charge in [0.05, 0.1) is 6.54 Å². The minimum Gasteiger partial charge on any atom is -0.355 e. The van der Waals surface area contributed by atoms with E-state index in [1.165, 1.54) is 24.0 Å². The molecular formula is C20H31N3O. The Balaban J connectivity index is 1.32. The van der Waals surface area contributed by atoms with Gasteiger partial charge in [-0.3, -0.25) is 14.6 Å². The Labute approximate surface area is 146 Å². The number of carbonyl (C=O) groups excluding carboxylic acids is 1. The molecule has 1 aliphatic heterocycles. The first kappa shape index (κ1) is 17.4. The number of nitrogens with zero attached hydrogens (tertiary/aromatic N) is 2. The normalized spacial score (nSPS) is 19.6. The highest BCUT2D eigenvalue weighted by molar-refractivity contribution is 5.78. The fourth-order valence-corrected chi connectivity index (χ4v) is 3.40. The lowest BCUT2D eigenvalue weighted by molar-refractivity contribution is -0.122. The molecule has 1 aliphatic carbocycles. The maximum atomic E-state index is 12.1. The molecule has 132 valence electrons. The molecule has 0 spiro atoms. The molecule has 1 saturated carbocycles. The lowest BCUT2D eigenvalue weighted by Gasteiger charge is -2.34. The van der Waals surface area contributed by atoms with Crippen LogP contribution in [0.2, 0.25) is 0 Å². The molecule has 0 unspecified atom stereocenters. The quantitative estimate of drug-likeness (QED) is 0.833. The molecule has 0 atom stereocenters. The Kier molecular flexibility index (Phi) is 5.90. The number of nitrogens with one attached hydrogen (secondary N) is 1. The Morgan fingerprint density at radius 2 is 1.79 bits per heavy atom. The summed E-state index contributed by atoms with van der Waals surface area (Å²) in [6.07, 6.45) is 3.65. The molecule has 1 N–H and O–H groups in total. The molecule has 4 nitrogen and oxygen atoms in total. The molecule has 0 radical (unpaired) electrons. The maximum Gasteiger partial charge on any atom is 0.234 e. The minimum atomic E-state index is 0.161. The average molecular weight is 329 g/mol. The summed E-state index contributed by atoms with van der Waals surface area (Å²) in [5.74, 6) is 0.729. The summed E-state index contributed by atoms with van der Waals surface area (Å²) in [5, 5.41) is 3.07. The maximum absolute atomic E-state index is 12.1. The highest BCUT2D eigenvalue weighted by Crippen LogP contribution is 2.27. The second kappa shape index (κ2) is 8.13. The largest absolute Gasteiger partial charge is 0.355 e. The molecule has 0 aromatic heterocycles. The number of rotatable bonds is 7. The lowest BCUT2D eigenvalue weighted by Crippen LogP contribution is -2.50. The number of carbonyl (C=O) groups is 1. The molecule has 24 heavy (non-hydrogen) atoms. The predicted octanol–water partition coefficient (Wildman–Crippen LogP) is 2.25. The molecule has 1 heterocycles. The van der Waals surface area contributed by atoms with Crippen LogP contribution in [0.5, 0.6) is 0 Å². The summed E-state index contributed by atoms with van der Waals surface area (Å²) < 4.78 is 0. The predicted molar refractivity (Wildman–Crippen MR) is 98.3 cm³/mol. The van der Waals surface area contributed by atoms with Gasteiger partial charge in [-0.2, -0.15) is 0 Å². The van der Waals surface area contributed by atoms with Gasteiger partial charge < -0.3 is 5.32 Å². The Hall–Kier alpha value is -1.39. The first-order valence-corrected chi connectivity index (χ1v) is 9.44. The summed E-state index contributed by atoms with van der Waals surface area (Å²) in [5.41, 5.74) is 2.66. The van der Waals surface area contributed by atoms with Gasteiger partial charge in [0, 0.05) is 38.8 Å². The van der Waals surface area contributed by atoms with Crippen LogP contribution in [0, 0.1) is 0 Å².